The van der Waals surface area contributed by atoms with Crippen molar-refractivity contribution in [2.75, 3.05) is 7.05 Å². The monoisotopic (exact) mass is 378 g/mol. The molecule has 0 aliphatic rings. The lowest BCUT2D eigenvalue weighted by Crippen LogP contribution is -2.27. The Morgan fingerprint density at radius 2 is 1.89 bits per heavy atom. The number of hydrogen-bond acceptors (Lipinski definition) is 3. The smallest absolute Gasteiger partial charge is 0.254 e. The minimum Gasteiger partial charge on any atom is -0.463 e. The third kappa shape index (κ3) is 3.36. The Morgan fingerprint density at radius 3 is 2.64 bits per heavy atom. The molecule has 0 saturated carbocycles. The van der Waals surface area contributed by atoms with Gasteiger partial charge in [-0.15, -0.1) is 0 Å². The van der Waals surface area contributed by atoms with Crippen molar-refractivity contribution in [1.82, 2.24) is 9.88 Å². The van der Waals surface area contributed by atoms with E-state index in [9.17, 15) is 13.6 Å². The zero-order valence-corrected chi connectivity index (χ0v) is 15.0. The van der Waals surface area contributed by atoms with Crippen LogP contribution in [0.25, 0.3) is 22.4 Å². The number of amides is 1. The summed E-state index contributed by atoms with van der Waals surface area (Å²) >= 11 is 0. The number of halogens is 2. The number of aromatic nitrogens is 1. The summed E-state index contributed by atoms with van der Waals surface area (Å²) in [5.41, 5.74) is 1.86. The molecule has 1 amide bonds. The molecule has 28 heavy (non-hydrogen) atoms. The minimum absolute atomic E-state index is 0.0116. The van der Waals surface area contributed by atoms with Crippen LogP contribution in [-0.4, -0.2) is 22.8 Å². The summed E-state index contributed by atoms with van der Waals surface area (Å²) in [5.74, 6) is -1.09. The SMILES string of the molecule is CN(Cc1ccc(F)cc1F)C(=O)c1cc(-c2ccco2)nc2ccccc12. The van der Waals surface area contributed by atoms with E-state index in [1.54, 1.807) is 25.2 Å². The first-order valence-electron chi connectivity index (χ1n) is 8.66. The normalized spacial score (nSPS) is 11.0. The molecule has 2 heterocycles. The Balaban J connectivity index is 1.73. The number of carbonyl (C=O) groups is 1. The van der Waals surface area contributed by atoms with Gasteiger partial charge in [0.1, 0.15) is 17.3 Å². The van der Waals surface area contributed by atoms with Crippen LogP contribution >= 0.6 is 0 Å². The molecule has 2 aromatic carbocycles. The summed E-state index contributed by atoms with van der Waals surface area (Å²) in [6.07, 6.45) is 1.54. The van der Waals surface area contributed by atoms with Gasteiger partial charge in [-0.3, -0.25) is 4.79 Å². The first-order valence-corrected chi connectivity index (χ1v) is 8.66. The van der Waals surface area contributed by atoms with E-state index in [-0.39, 0.29) is 18.0 Å². The maximum atomic E-state index is 14.0. The summed E-state index contributed by atoms with van der Waals surface area (Å²) in [5, 5.41) is 0.689. The molecular weight excluding hydrogens is 362 g/mol. The zero-order chi connectivity index (χ0) is 19.7. The van der Waals surface area contributed by atoms with Crippen molar-refractivity contribution in [3.63, 3.8) is 0 Å². The van der Waals surface area contributed by atoms with Crippen molar-refractivity contribution in [2.45, 2.75) is 6.54 Å². The van der Waals surface area contributed by atoms with Gasteiger partial charge in [-0.05, 0) is 30.3 Å². The number of benzene rings is 2. The fourth-order valence-corrected chi connectivity index (χ4v) is 3.09. The van der Waals surface area contributed by atoms with Gasteiger partial charge in [0, 0.05) is 30.6 Å². The van der Waals surface area contributed by atoms with E-state index in [0.29, 0.717) is 27.9 Å². The highest BCUT2D eigenvalue weighted by Gasteiger charge is 2.19. The van der Waals surface area contributed by atoms with Crippen molar-refractivity contribution in [1.29, 1.82) is 0 Å². The molecule has 0 aliphatic carbocycles. The standard InChI is InChI=1S/C22H16F2N2O2/c1-26(13-14-8-9-15(23)11-18(14)24)22(27)17-12-20(21-7-4-10-28-21)25-19-6-3-2-5-16(17)19/h2-12H,13H2,1H3. The molecule has 0 radical (unpaired) electrons. The minimum atomic E-state index is -0.685. The Bertz CT molecular complexity index is 1160. The molecule has 2 aromatic heterocycles. The van der Waals surface area contributed by atoms with E-state index in [1.165, 1.54) is 23.3 Å². The van der Waals surface area contributed by atoms with Crippen molar-refractivity contribution in [2.24, 2.45) is 0 Å². The van der Waals surface area contributed by atoms with Crippen molar-refractivity contribution in [3.05, 3.63) is 89.7 Å². The lowest BCUT2D eigenvalue weighted by Gasteiger charge is -2.19. The first-order chi connectivity index (χ1) is 13.5. The average Bonchev–Trinajstić information content (AvgIpc) is 3.23. The fourth-order valence-electron chi connectivity index (χ4n) is 3.09. The largest absolute Gasteiger partial charge is 0.463 e. The van der Waals surface area contributed by atoms with Gasteiger partial charge in [0.25, 0.3) is 5.91 Å². The highest BCUT2D eigenvalue weighted by Crippen LogP contribution is 2.26. The van der Waals surface area contributed by atoms with E-state index >= 15 is 0 Å². The number of nitrogens with zero attached hydrogens (tertiary/aromatic N) is 2. The number of hydrogen-bond donors (Lipinski definition) is 0. The number of rotatable bonds is 4. The highest BCUT2D eigenvalue weighted by molar-refractivity contribution is 6.07. The molecule has 0 spiro atoms. The maximum absolute atomic E-state index is 14.0. The van der Waals surface area contributed by atoms with Gasteiger partial charge in [-0.1, -0.05) is 24.3 Å². The van der Waals surface area contributed by atoms with Crippen LogP contribution in [0.2, 0.25) is 0 Å². The molecule has 0 aliphatic heterocycles. The number of furan rings is 1. The van der Waals surface area contributed by atoms with Crippen LogP contribution in [0.1, 0.15) is 15.9 Å². The van der Waals surface area contributed by atoms with Crippen LogP contribution in [0.3, 0.4) is 0 Å². The second-order valence-electron chi connectivity index (χ2n) is 6.45. The highest BCUT2D eigenvalue weighted by atomic mass is 19.1. The Hall–Kier alpha value is -3.54. The van der Waals surface area contributed by atoms with Gasteiger partial charge in [0.05, 0.1) is 17.3 Å². The number of pyridine rings is 1. The molecule has 0 unspecified atom stereocenters. The van der Waals surface area contributed by atoms with Gasteiger partial charge in [0.15, 0.2) is 5.76 Å². The van der Waals surface area contributed by atoms with Crippen molar-refractivity contribution in [3.8, 4) is 11.5 Å². The van der Waals surface area contributed by atoms with Crippen LogP contribution in [0.4, 0.5) is 8.78 Å². The molecule has 0 atom stereocenters. The van der Waals surface area contributed by atoms with Crippen molar-refractivity contribution < 1.29 is 18.0 Å². The molecule has 4 rings (SSSR count). The van der Waals surface area contributed by atoms with E-state index in [1.807, 2.05) is 24.3 Å². The molecule has 0 bridgehead atoms. The lowest BCUT2D eigenvalue weighted by molar-refractivity contribution is 0.0785. The third-order valence-corrected chi connectivity index (χ3v) is 4.49. The first kappa shape index (κ1) is 17.9. The number of para-hydroxylation sites is 1. The van der Waals surface area contributed by atoms with Crippen LogP contribution in [0, 0.1) is 11.6 Å². The van der Waals surface area contributed by atoms with E-state index in [2.05, 4.69) is 4.98 Å². The molecule has 0 N–H and O–H groups in total. The molecular formula is C22H16F2N2O2. The fraction of sp³-hybridized carbons (Fsp3) is 0.0909. The zero-order valence-electron chi connectivity index (χ0n) is 15.0. The summed E-state index contributed by atoms with van der Waals surface area (Å²) in [4.78, 5) is 19.1. The second kappa shape index (κ2) is 7.23. The molecule has 0 fully saturated rings. The Morgan fingerprint density at radius 1 is 1.07 bits per heavy atom. The molecule has 140 valence electrons. The predicted molar refractivity (Wildman–Crippen MR) is 102 cm³/mol. The van der Waals surface area contributed by atoms with Gasteiger partial charge in [-0.2, -0.15) is 0 Å². The second-order valence-corrected chi connectivity index (χ2v) is 6.45. The number of fused-ring (bicyclic) bond motifs is 1. The maximum Gasteiger partial charge on any atom is 0.254 e. The number of carbonyl (C=O) groups excluding carboxylic acids is 1. The molecule has 4 nitrogen and oxygen atoms in total. The summed E-state index contributed by atoms with van der Waals surface area (Å²) in [6, 6.07) is 15.8. The van der Waals surface area contributed by atoms with Gasteiger partial charge in [0.2, 0.25) is 0 Å². The average molecular weight is 378 g/mol. The third-order valence-electron chi connectivity index (χ3n) is 4.49. The molecule has 0 saturated heterocycles. The van der Waals surface area contributed by atoms with Crippen LogP contribution < -0.4 is 0 Å². The topological polar surface area (TPSA) is 46.3 Å². The summed E-state index contributed by atoms with van der Waals surface area (Å²) in [7, 11) is 1.58. The van der Waals surface area contributed by atoms with E-state index in [0.717, 1.165) is 6.07 Å². The Labute approximate surface area is 160 Å². The molecule has 6 heteroatoms. The predicted octanol–water partition coefficient (Wildman–Crippen LogP) is 5.05. The van der Waals surface area contributed by atoms with Gasteiger partial charge in [-0.25, -0.2) is 13.8 Å². The van der Waals surface area contributed by atoms with Crippen molar-refractivity contribution >= 4 is 16.8 Å². The molecule has 4 aromatic rings. The van der Waals surface area contributed by atoms with Gasteiger partial charge < -0.3 is 9.32 Å². The summed E-state index contributed by atoms with van der Waals surface area (Å²) in [6.45, 7) is 0.0116. The van der Waals surface area contributed by atoms with Gasteiger partial charge >= 0.3 is 0 Å². The van der Waals surface area contributed by atoms with Crippen LogP contribution in [0.5, 0.6) is 0 Å². The van der Waals surface area contributed by atoms with Crippen LogP contribution in [0.15, 0.2) is 71.3 Å². The lowest BCUT2D eigenvalue weighted by atomic mass is 10.1. The van der Waals surface area contributed by atoms with Crippen LogP contribution in [-0.2, 0) is 6.54 Å². The summed E-state index contributed by atoms with van der Waals surface area (Å²) < 4.78 is 32.5. The van der Waals surface area contributed by atoms with E-state index in [4.69, 9.17) is 4.42 Å². The quantitative estimate of drug-likeness (QED) is 0.499. The van der Waals surface area contributed by atoms with E-state index < -0.39 is 11.6 Å². The Kier molecular flexibility index (Phi) is 4.61.